The van der Waals surface area contributed by atoms with E-state index in [0.717, 1.165) is 18.6 Å². The van der Waals surface area contributed by atoms with Gasteiger partial charge in [0.05, 0.1) is 11.0 Å². The van der Waals surface area contributed by atoms with Crippen LogP contribution in [0.5, 0.6) is 5.75 Å². The Morgan fingerprint density at radius 3 is 2.39 bits per heavy atom. The van der Waals surface area contributed by atoms with Crippen molar-refractivity contribution in [1.29, 1.82) is 0 Å². The minimum Gasteiger partial charge on any atom is -0.477 e. The van der Waals surface area contributed by atoms with E-state index in [4.69, 9.17) is 4.74 Å². The molecule has 1 amide bonds. The van der Waals surface area contributed by atoms with Crippen LogP contribution in [0.15, 0.2) is 30.3 Å². The number of nitrogens with zero attached hydrogens (tertiary/aromatic N) is 3. The third kappa shape index (κ3) is 4.96. The van der Waals surface area contributed by atoms with Crippen LogP contribution >= 0.6 is 0 Å². The second-order valence-electron chi connectivity index (χ2n) is 6.74. The molecular weight excluding hydrogens is 416 g/mol. The third-order valence-electron chi connectivity index (χ3n) is 4.86. The van der Waals surface area contributed by atoms with E-state index < -0.39 is 41.5 Å². The molecule has 166 valence electrons. The molecule has 0 aliphatic carbocycles. The number of carbonyl (C=O) groups is 1. The van der Waals surface area contributed by atoms with Crippen LogP contribution < -0.4 is 10.1 Å². The number of carbonyl (C=O) groups excluding carboxylic acids is 1. The summed E-state index contributed by atoms with van der Waals surface area (Å²) in [4.78, 5) is 18.9. The Morgan fingerprint density at radius 1 is 1.10 bits per heavy atom. The van der Waals surface area contributed by atoms with Gasteiger partial charge < -0.3 is 14.2 Å². The molecular formula is C21H22F4N4O2. The van der Waals surface area contributed by atoms with Crippen LogP contribution in [-0.2, 0) is 11.3 Å². The monoisotopic (exact) mass is 438 g/mol. The van der Waals surface area contributed by atoms with E-state index in [9.17, 15) is 22.4 Å². The van der Waals surface area contributed by atoms with E-state index in [0.29, 0.717) is 18.6 Å². The molecule has 0 radical (unpaired) electrons. The highest BCUT2D eigenvalue weighted by Gasteiger charge is 2.22. The number of imidazole rings is 1. The number of fused-ring (bicyclic) bond motifs is 1. The highest BCUT2D eigenvalue weighted by molar-refractivity contribution is 5.92. The first kappa shape index (κ1) is 22.5. The summed E-state index contributed by atoms with van der Waals surface area (Å²) in [5, 5.41) is 2.54. The molecule has 0 spiro atoms. The van der Waals surface area contributed by atoms with Gasteiger partial charge in [-0.1, -0.05) is 26.0 Å². The number of anilines is 1. The van der Waals surface area contributed by atoms with Crippen LogP contribution in [-0.4, -0.2) is 46.6 Å². The van der Waals surface area contributed by atoms with Crippen LogP contribution in [0.3, 0.4) is 0 Å². The molecule has 3 aromatic rings. The number of rotatable bonds is 9. The average Bonchev–Trinajstić information content (AvgIpc) is 3.10. The molecule has 3 rings (SSSR count). The van der Waals surface area contributed by atoms with Gasteiger partial charge in [-0.25, -0.2) is 13.8 Å². The van der Waals surface area contributed by atoms with E-state index in [1.807, 2.05) is 36.6 Å². The first-order chi connectivity index (χ1) is 14.8. The fourth-order valence-electron chi connectivity index (χ4n) is 3.16. The zero-order valence-electron chi connectivity index (χ0n) is 17.1. The Balaban J connectivity index is 1.77. The van der Waals surface area contributed by atoms with Crippen molar-refractivity contribution < 1.29 is 27.1 Å². The first-order valence-electron chi connectivity index (χ1n) is 9.78. The van der Waals surface area contributed by atoms with Gasteiger partial charge >= 0.3 is 0 Å². The number of nitrogens with one attached hydrogen (secondary N) is 1. The Morgan fingerprint density at radius 2 is 1.74 bits per heavy atom. The number of aromatic nitrogens is 2. The third-order valence-corrected chi connectivity index (χ3v) is 4.86. The largest absolute Gasteiger partial charge is 0.477 e. The van der Waals surface area contributed by atoms with Crippen molar-refractivity contribution in [3.63, 3.8) is 0 Å². The van der Waals surface area contributed by atoms with E-state index in [1.54, 1.807) is 6.07 Å². The van der Waals surface area contributed by atoms with Crippen LogP contribution in [0, 0.1) is 23.3 Å². The summed E-state index contributed by atoms with van der Waals surface area (Å²) >= 11 is 0. The molecule has 0 saturated carbocycles. The van der Waals surface area contributed by atoms with Gasteiger partial charge in [0.2, 0.25) is 17.6 Å². The predicted octanol–water partition coefficient (Wildman–Crippen LogP) is 3.95. The number of hydrogen-bond acceptors (Lipinski definition) is 4. The molecule has 2 aromatic carbocycles. The fraction of sp³-hybridized carbons (Fsp3) is 0.333. The number of likely N-dealkylation sites (N-methyl/N-ethyl adjacent to an activating group) is 1. The minimum atomic E-state index is -1.71. The molecule has 6 nitrogen and oxygen atoms in total. The number of amides is 1. The Labute approximate surface area is 176 Å². The number of ether oxygens (including phenoxy) is 1. The van der Waals surface area contributed by atoms with Crippen molar-refractivity contribution >= 4 is 22.9 Å². The van der Waals surface area contributed by atoms with E-state index in [2.05, 4.69) is 15.2 Å². The predicted molar refractivity (Wildman–Crippen MR) is 108 cm³/mol. The second kappa shape index (κ2) is 9.78. The zero-order valence-corrected chi connectivity index (χ0v) is 17.1. The smallest absolute Gasteiger partial charge is 0.264 e. The summed E-state index contributed by atoms with van der Waals surface area (Å²) < 4.78 is 60.5. The van der Waals surface area contributed by atoms with Gasteiger partial charge in [0.25, 0.3) is 5.91 Å². The Bertz CT molecular complexity index is 1060. The van der Waals surface area contributed by atoms with Crippen LogP contribution in [0.2, 0.25) is 0 Å². The summed E-state index contributed by atoms with van der Waals surface area (Å²) in [5.41, 5.74) is 1.46. The molecule has 0 aliphatic heterocycles. The lowest BCUT2D eigenvalue weighted by atomic mass is 10.3. The SMILES string of the molecule is CCN(CC)CCn1c(NC(=O)COc2c(F)c(F)cc(F)c2F)nc2ccccc21. The molecule has 10 heteroatoms. The second-order valence-corrected chi connectivity index (χ2v) is 6.74. The van der Waals surface area contributed by atoms with Crippen LogP contribution in [0.25, 0.3) is 11.0 Å². The van der Waals surface area contributed by atoms with Crippen molar-refractivity contribution in [1.82, 2.24) is 14.5 Å². The van der Waals surface area contributed by atoms with Crippen LogP contribution in [0.4, 0.5) is 23.5 Å². The van der Waals surface area contributed by atoms with Crippen molar-refractivity contribution in [3.05, 3.63) is 53.6 Å². The van der Waals surface area contributed by atoms with Crippen LogP contribution in [0.1, 0.15) is 13.8 Å². The number of benzene rings is 2. The molecule has 1 heterocycles. The average molecular weight is 438 g/mol. The summed E-state index contributed by atoms with van der Waals surface area (Å²) in [7, 11) is 0. The number of halogens is 4. The summed E-state index contributed by atoms with van der Waals surface area (Å²) in [5.74, 6) is -8.50. The highest BCUT2D eigenvalue weighted by atomic mass is 19.2. The van der Waals surface area contributed by atoms with Gasteiger partial charge in [-0.2, -0.15) is 8.78 Å². The Kier molecular flexibility index (Phi) is 7.11. The Hall–Kier alpha value is -3.14. The summed E-state index contributed by atoms with van der Waals surface area (Å²) in [6.45, 7) is 6.20. The quantitative estimate of drug-likeness (QED) is 0.406. The minimum absolute atomic E-state index is 0.0653. The van der Waals surface area contributed by atoms with Gasteiger partial charge in [0.1, 0.15) is 0 Å². The molecule has 0 saturated heterocycles. The standard InChI is InChI=1S/C21H22F4N4O2/c1-3-28(4-2)9-10-29-16-8-6-5-7-15(16)26-21(29)27-17(30)12-31-20-18(24)13(22)11-14(23)19(20)25/h5-8,11H,3-4,9-10,12H2,1-2H3,(H,26,27,30). The van der Waals surface area contributed by atoms with E-state index >= 15 is 0 Å². The lowest BCUT2D eigenvalue weighted by Gasteiger charge is -2.19. The summed E-state index contributed by atoms with van der Waals surface area (Å²) in [6.07, 6.45) is 0. The molecule has 1 aromatic heterocycles. The maximum absolute atomic E-state index is 13.7. The molecule has 1 N–H and O–H groups in total. The van der Waals surface area contributed by atoms with E-state index in [1.165, 1.54) is 0 Å². The normalized spacial score (nSPS) is 11.3. The van der Waals surface area contributed by atoms with Crippen molar-refractivity contribution in [2.45, 2.75) is 20.4 Å². The maximum Gasteiger partial charge on any atom is 0.264 e. The maximum atomic E-state index is 13.7. The van der Waals surface area contributed by atoms with Gasteiger partial charge in [0, 0.05) is 19.2 Å². The summed E-state index contributed by atoms with van der Waals surface area (Å²) in [6, 6.07) is 7.36. The lowest BCUT2D eigenvalue weighted by Crippen LogP contribution is -2.28. The van der Waals surface area contributed by atoms with E-state index in [-0.39, 0.29) is 12.0 Å². The lowest BCUT2D eigenvalue weighted by molar-refractivity contribution is -0.118. The van der Waals surface area contributed by atoms with Gasteiger partial charge in [0.15, 0.2) is 24.0 Å². The molecule has 31 heavy (non-hydrogen) atoms. The van der Waals surface area contributed by atoms with Crippen molar-refractivity contribution in [2.24, 2.45) is 0 Å². The number of hydrogen-bond donors (Lipinski definition) is 1. The molecule has 0 bridgehead atoms. The molecule has 0 aliphatic rings. The zero-order chi connectivity index (χ0) is 22.5. The molecule has 0 fully saturated rings. The topological polar surface area (TPSA) is 59.4 Å². The van der Waals surface area contributed by atoms with Gasteiger partial charge in [-0.15, -0.1) is 0 Å². The fourth-order valence-corrected chi connectivity index (χ4v) is 3.16. The molecule has 0 unspecified atom stereocenters. The molecule has 0 atom stereocenters. The van der Waals surface area contributed by atoms with Crippen molar-refractivity contribution in [3.8, 4) is 5.75 Å². The van der Waals surface area contributed by atoms with Crippen molar-refractivity contribution in [2.75, 3.05) is 31.6 Å². The van der Waals surface area contributed by atoms with Gasteiger partial charge in [-0.3, -0.25) is 10.1 Å². The highest BCUT2D eigenvalue weighted by Crippen LogP contribution is 2.26. The van der Waals surface area contributed by atoms with Gasteiger partial charge in [-0.05, 0) is 25.2 Å². The number of para-hydroxylation sites is 2. The first-order valence-corrected chi connectivity index (χ1v) is 9.78.